The molecule has 1 N–H and O–H groups in total. The number of rotatable bonds is 4. The summed E-state index contributed by atoms with van der Waals surface area (Å²) in [7, 11) is 2.14. The van der Waals surface area contributed by atoms with E-state index in [9.17, 15) is 5.11 Å². The predicted molar refractivity (Wildman–Crippen MR) is 72.2 cm³/mol. The van der Waals surface area contributed by atoms with Crippen LogP contribution in [0.2, 0.25) is 0 Å². The Bertz CT molecular complexity index is 307. The first-order valence-corrected chi connectivity index (χ1v) is 7.72. The number of hydrogen-bond donors (Lipinski definition) is 1. The van der Waals surface area contributed by atoms with E-state index in [1.807, 2.05) is 11.8 Å². The van der Waals surface area contributed by atoms with Crippen LogP contribution < -0.4 is 0 Å². The molecule has 0 atom stereocenters. The van der Waals surface area contributed by atoms with E-state index in [0.717, 1.165) is 19.4 Å². The zero-order valence-corrected chi connectivity index (χ0v) is 11.3. The second-order valence-corrected chi connectivity index (χ2v) is 6.69. The third-order valence-corrected chi connectivity index (χ3v) is 5.35. The highest BCUT2D eigenvalue weighted by Crippen LogP contribution is 2.32. The normalized spacial score (nSPS) is 20.2. The monoisotopic (exact) mass is 257 g/mol. The molecule has 2 heterocycles. The van der Waals surface area contributed by atoms with Crippen LogP contribution in [0.3, 0.4) is 0 Å². The summed E-state index contributed by atoms with van der Waals surface area (Å²) in [5, 5.41) is 11.8. The van der Waals surface area contributed by atoms with Crippen molar-refractivity contribution in [2.45, 2.75) is 24.9 Å². The van der Waals surface area contributed by atoms with Crippen molar-refractivity contribution in [3.63, 3.8) is 0 Å². The molecule has 1 aromatic heterocycles. The molecule has 0 spiro atoms. The van der Waals surface area contributed by atoms with Gasteiger partial charge in [0.2, 0.25) is 0 Å². The SMILES string of the molecule is CN(Cc1cccs1)C1(CO)CCSCC1. The summed E-state index contributed by atoms with van der Waals surface area (Å²) in [6, 6.07) is 4.26. The minimum atomic E-state index is 0.0231. The molecule has 90 valence electrons. The van der Waals surface area contributed by atoms with Crippen LogP contribution in [0, 0.1) is 0 Å². The molecule has 1 aliphatic rings. The molecule has 0 unspecified atom stereocenters. The van der Waals surface area contributed by atoms with Crippen LogP contribution in [0.4, 0.5) is 0 Å². The van der Waals surface area contributed by atoms with Gasteiger partial charge in [-0.2, -0.15) is 11.8 Å². The van der Waals surface area contributed by atoms with Gasteiger partial charge in [-0.05, 0) is 42.8 Å². The molecule has 0 amide bonds. The van der Waals surface area contributed by atoms with Gasteiger partial charge >= 0.3 is 0 Å². The van der Waals surface area contributed by atoms with Gasteiger partial charge in [0.15, 0.2) is 0 Å². The maximum Gasteiger partial charge on any atom is 0.0616 e. The van der Waals surface area contributed by atoms with E-state index in [0.29, 0.717) is 0 Å². The van der Waals surface area contributed by atoms with Crippen LogP contribution in [0.5, 0.6) is 0 Å². The second-order valence-electron chi connectivity index (χ2n) is 4.43. The van der Waals surface area contributed by atoms with Gasteiger partial charge in [-0.3, -0.25) is 4.90 Å². The van der Waals surface area contributed by atoms with Crippen LogP contribution in [-0.2, 0) is 6.54 Å². The fourth-order valence-electron chi connectivity index (χ4n) is 2.22. The van der Waals surface area contributed by atoms with E-state index in [2.05, 4.69) is 29.5 Å². The van der Waals surface area contributed by atoms with Gasteiger partial charge in [-0.15, -0.1) is 11.3 Å². The van der Waals surface area contributed by atoms with E-state index in [-0.39, 0.29) is 12.1 Å². The Morgan fingerprint density at radius 2 is 2.19 bits per heavy atom. The highest BCUT2D eigenvalue weighted by molar-refractivity contribution is 7.99. The van der Waals surface area contributed by atoms with Gasteiger partial charge in [0.05, 0.1) is 6.61 Å². The van der Waals surface area contributed by atoms with Gasteiger partial charge in [0.25, 0.3) is 0 Å². The second kappa shape index (κ2) is 5.54. The zero-order valence-electron chi connectivity index (χ0n) is 9.69. The van der Waals surface area contributed by atoms with Crippen molar-refractivity contribution in [3.8, 4) is 0 Å². The maximum atomic E-state index is 9.69. The summed E-state index contributed by atoms with van der Waals surface area (Å²) in [6.45, 7) is 1.25. The first kappa shape index (κ1) is 12.4. The van der Waals surface area contributed by atoms with Gasteiger partial charge in [-0.25, -0.2) is 0 Å². The van der Waals surface area contributed by atoms with Crippen molar-refractivity contribution < 1.29 is 5.11 Å². The van der Waals surface area contributed by atoms with Crippen molar-refractivity contribution in [2.75, 3.05) is 25.2 Å². The lowest BCUT2D eigenvalue weighted by Gasteiger charge is -2.43. The molecule has 4 heteroatoms. The van der Waals surface area contributed by atoms with Gasteiger partial charge in [-0.1, -0.05) is 6.07 Å². The Labute approximate surface area is 106 Å². The highest BCUT2D eigenvalue weighted by atomic mass is 32.2. The van der Waals surface area contributed by atoms with Crippen molar-refractivity contribution in [1.29, 1.82) is 0 Å². The number of aliphatic hydroxyl groups excluding tert-OH is 1. The summed E-state index contributed by atoms with van der Waals surface area (Å²) >= 11 is 3.80. The molecule has 1 aliphatic heterocycles. The van der Waals surface area contributed by atoms with Crippen LogP contribution in [0.25, 0.3) is 0 Å². The first-order chi connectivity index (χ1) is 7.77. The van der Waals surface area contributed by atoms with Crippen molar-refractivity contribution in [3.05, 3.63) is 22.4 Å². The third kappa shape index (κ3) is 2.62. The highest BCUT2D eigenvalue weighted by Gasteiger charge is 2.35. The molecule has 2 nitrogen and oxygen atoms in total. The van der Waals surface area contributed by atoms with E-state index < -0.39 is 0 Å². The average Bonchev–Trinajstić information content (AvgIpc) is 2.82. The molecular weight excluding hydrogens is 238 g/mol. The fraction of sp³-hybridized carbons (Fsp3) is 0.667. The van der Waals surface area contributed by atoms with Crippen molar-refractivity contribution in [1.82, 2.24) is 4.90 Å². The quantitative estimate of drug-likeness (QED) is 0.896. The fourth-order valence-corrected chi connectivity index (χ4v) is 4.23. The lowest BCUT2D eigenvalue weighted by atomic mass is 9.91. The van der Waals surface area contributed by atoms with Gasteiger partial charge in [0.1, 0.15) is 0 Å². The summed E-state index contributed by atoms with van der Waals surface area (Å²) in [5.41, 5.74) is 0.0231. The van der Waals surface area contributed by atoms with E-state index >= 15 is 0 Å². The summed E-state index contributed by atoms with van der Waals surface area (Å²) in [6.07, 6.45) is 2.21. The number of thiophene rings is 1. The van der Waals surface area contributed by atoms with Gasteiger partial charge < -0.3 is 5.11 Å². The molecule has 0 radical (unpaired) electrons. The van der Waals surface area contributed by atoms with Crippen molar-refractivity contribution in [2.24, 2.45) is 0 Å². The molecule has 0 saturated carbocycles. The number of thioether (sulfide) groups is 1. The summed E-state index contributed by atoms with van der Waals surface area (Å²) in [4.78, 5) is 3.73. The Kier molecular flexibility index (Phi) is 4.30. The minimum absolute atomic E-state index is 0.0231. The van der Waals surface area contributed by atoms with Gasteiger partial charge in [0, 0.05) is 17.0 Å². The standard InChI is InChI=1S/C12H19NOS2/c1-13(9-11-3-2-6-16-11)12(10-14)4-7-15-8-5-12/h2-3,6,14H,4-5,7-10H2,1H3. The molecule has 2 rings (SSSR count). The van der Waals surface area contributed by atoms with Crippen molar-refractivity contribution >= 4 is 23.1 Å². The molecule has 1 aromatic rings. The Morgan fingerprint density at radius 3 is 2.75 bits per heavy atom. The molecule has 0 bridgehead atoms. The molecule has 0 aromatic carbocycles. The minimum Gasteiger partial charge on any atom is -0.394 e. The van der Waals surface area contributed by atoms with E-state index in [4.69, 9.17) is 0 Å². The molecule has 1 saturated heterocycles. The predicted octanol–water partition coefficient (Wildman–Crippen LogP) is 2.44. The van der Waals surface area contributed by atoms with Crippen LogP contribution in [-0.4, -0.2) is 40.7 Å². The number of hydrogen-bond acceptors (Lipinski definition) is 4. The Balaban J connectivity index is 2.02. The maximum absolute atomic E-state index is 9.69. The third-order valence-electron chi connectivity index (χ3n) is 3.50. The van der Waals surface area contributed by atoms with E-state index in [1.54, 1.807) is 11.3 Å². The average molecular weight is 257 g/mol. The topological polar surface area (TPSA) is 23.5 Å². The molecule has 16 heavy (non-hydrogen) atoms. The summed E-state index contributed by atoms with van der Waals surface area (Å²) in [5.74, 6) is 2.35. The zero-order chi connectivity index (χ0) is 11.4. The number of likely N-dealkylation sites (N-methyl/N-ethyl adjacent to an activating group) is 1. The van der Waals surface area contributed by atoms with Crippen LogP contribution in [0.1, 0.15) is 17.7 Å². The van der Waals surface area contributed by atoms with Crippen LogP contribution in [0.15, 0.2) is 17.5 Å². The lowest BCUT2D eigenvalue weighted by molar-refractivity contribution is 0.0368. The lowest BCUT2D eigenvalue weighted by Crippen LogP contribution is -2.51. The summed E-state index contributed by atoms with van der Waals surface area (Å²) < 4.78 is 0. The molecule has 0 aliphatic carbocycles. The largest absolute Gasteiger partial charge is 0.394 e. The molecule has 1 fully saturated rings. The van der Waals surface area contributed by atoms with Crippen LogP contribution >= 0.6 is 23.1 Å². The Hall–Kier alpha value is -0.0300. The Morgan fingerprint density at radius 1 is 1.44 bits per heavy atom. The molecular formula is C12H19NOS2. The number of nitrogens with zero attached hydrogens (tertiary/aromatic N) is 1. The van der Waals surface area contributed by atoms with E-state index in [1.165, 1.54) is 16.4 Å². The smallest absolute Gasteiger partial charge is 0.0616 e. The number of aliphatic hydroxyl groups is 1. The first-order valence-electron chi connectivity index (χ1n) is 5.69.